The van der Waals surface area contributed by atoms with Gasteiger partial charge in [-0.25, -0.2) is 16.8 Å². The van der Waals surface area contributed by atoms with Gasteiger partial charge in [-0.15, -0.1) is 0 Å². The highest BCUT2D eigenvalue weighted by Crippen LogP contribution is 2.30. The third-order valence-electron chi connectivity index (χ3n) is 3.97. The number of carbonyl (C=O) groups is 1. The molecule has 27 heavy (non-hydrogen) atoms. The maximum absolute atomic E-state index is 12.9. The molecule has 2 rings (SSSR count). The number of morpholine rings is 1. The van der Waals surface area contributed by atoms with E-state index in [0.717, 1.165) is 10.6 Å². The average Bonchev–Trinajstić information content (AvgIpc) is 2.61. The number of ether oxygens (including phenoxy) is 2. The van der Waals surface area contributed by atoms with Crippen LogP contribution in [0.3, 0.4) is 0 Å². The molecule has 1 aliphatic heterocycles. The second kappa shape index (κ2) is 8.52. The van der Waals surface area contributed by atoms with E-state index < -0.39 is 32.5 Å². The van der Waals surface area contributed by atoms with Gasteiger partial charge in [0.1, 0.15) is 10.6 Å². The number of carbonyl (C=O) groups excluding carboxylic acids is 1. The summed E-state index contributed by atoms with van der Waals surface area (Å²) in [4.78, 5) is 12.0. The third-order valence-corrected chi connectivity index (χ3v) is 7.15. The van der Waals surface area contributed by atoms with E-state index in [0.29, 0.717) is 13.2 Å². The molecular formula is C15H23N3O7S2. The summed E-state index contributed by atoms with van der Waals surface area (Å²) in [5, 5.41) is 2.50. The molecule has 1 amide bonds. The molecule has 1 aromatic rings. The maximum atomic E-state index is 12.9. The van der Waals surface area contributed by atoms with Crippen LogP contribution in [0.1, 0.15) is 0 Å². The van der Waals surface area contributed by atoms with Crippen LogP contribution in [0.15, 0.2) is 23.1 Å². The van der Waals surface area contributed by atoms with Gasteiger partial charge in [0.15, 0.2) is 0 Å². The van der Waals surface area contributed by atoms with Gasteiger partial charge in [-0.05, 0) is 18.2 Å². The molecule has 1 heterocycles. The van der Waals surface area contributed by atoms with E-state index in [4.69, 9.17) is 9.47 Å². The van der Waals surface area contributed by atoms with Crippen LogP contribution in [-0.2, 0) is 29.6 Å². The minimum absolute atomic E-state index is 0.0823. The van der Waals surface area contributed by atoms with E-state index in [2.05, 4.69) is 5.32 Å². The number of nitrogens with one attached hydrogen (secondary N) is 1. The Labute approximate surface area is 159 Å². The number of sulfonamides is 2. The highest BCUT2D eigenvalue weighted by molar-refractivity contribution is 7.89. The Morgan fingerprint density at radius 3 is 2.44 bits per heavy atom. The Morgan fingerprint density at radius 1 is 1.26 bits per heavy atom. The molecule has 1 N–H and O–H groups in total. The van der Waals surface area contributed by atoms with Crippen LogP contribution < -0.4 is 10.1 Å². The number of likely N-dealkylation sites (N-methyl/N-ethyl adjacent to an activating group) is 1. The summed E-state index contributed by atoms with van der Waals surface area (Å²) in [6.45, 7) is 0.657. The van der Waals surface area contributed by atoms with E-state index >= 15 is 0 Å². The van der Waals surface area contributed by atoms with Crippen molar-refractivity contribution in [1.82, 2.24) is 8.61 Å². The normalized spacial score (nSPS) is 16.3. The molecular weight excluding hydrogens is 398 g/mol. The van der Waals surface area contributed by atoms with Gasteiger partial charge in [-0.1, -0.05) is 0 Å². The average molecular weight is 421 g/mol. The quantitative estimate of drug-likeness (QED) is 0.632. The van der Waals surface area contributed by atoms with Gasteiger partial charge in [-0.2, -0.15) is 8.61 Å². The summed E-state index contributed by atoms with van der Waals surface area (Å²) < 4.78 is 61.1. The first-order valence-corrected chi connectivity index (χ1v) is 11.3. The van der Waals surface area contributed by atoms with E-state index in [1.807, 2.05) is 0 Å². The van der Waals surface area contributed by atoms with Crippen LogP contribution in [0.2, 0.25) is 0 Å². The lowest BCUT2D eigenvalue weighted by atomic mass is 10.3. The monoisotopic (exact) mass is 421 g/mol. The topological polar surface area (TPSA) is 122 Å². The fourth-order valence-electron chi connectivity index (χ4n) is 2.40. The van der Waals surface area contributed by atoms with E-state index in [1.165, 1.54) is 36.7 Å². The van der Waals surface area contributed by atoms with E-state index in [1.54, 1.807) is 0 Å². The molecule has 12 heteroatoms. The maximum Gasteiger partial charge on any atom is 0.246 e. The van der Waals surface area contributed by atoms with Gasteiger partial charge in [0.2, 0.25) is 26.0 Å². The Bertz CT molecular complexity index is 894. The van der Waals surface area contributed by atoms with Crippen molar-refractivity contribution in [1.29, 1.82) is 0 Å². The lowest BCUT2D eigenvalue weighted by Crippen LogP contribution is -2.40. The third kappa shape index (κ3) is 5.39. The molecule has 10 nitrogen and oxygen atoms in total. The summed E-state index contributed by atoms with van der Waals surface area (Å²) in [5.74, 6) is -0.449. The standard InChI is InChI=1S/C15H23N3O7S2/c1-17(26(3,20)21)11-15(19)16-12-4-5-13(24-2)14(10-12)27(22,23)18-6-8-25-9-7-18/h4-5,10H,6-9,11H2,1-3H3,(H,16,19). The highest BCUT2D eigenvalue weighted by Gasteiger charge is 2.29. The van der Waals surface area contributed by atoms with Crippen LogP contribution in [-0.4, -0.2) is 84.6 Å². The van der Waals surface area contributed by atoms with Crippen LogP contribution in [0.4, 0.5) is 5.69 Å². The van der Waals surface area contributed by atoms with Crippen molar-refractivity contribution in [3.63, 3.8) is 0 Å². The lowest BCUT2D eigenvalue weighted by Gasteiger charge is -2.26. The first kappa shape index (κ1) is 21.6. The van der Waals surface area contributed by atoms with Crippen LogP contribution in [0.5, 0.6) is 5.75 Å². The number of hydrogen-bond donors (Lipinski definition) is 1. The van der Waals surface area contributed by atoms with Crippen molar-refractivity contribution < 1.29 is 31.1 Å². The largest absolute Gasteiger partial charge is 0.495 e. The minimum atomic E-state index is -3.84. The molecule has 1 fully saturated rings. The molecule has 0 spiro atoms. The first-order chi connectivity index (χ1) is 12.6. The summed E-state index contributed by atoms with van der Waals surface area (Å²) >= 11 is 0. The number of amides is 1. The molecule has 0 atom stereocenters. The minimum Gasteiger partial charge on any atom is -0.495 e. The number of methoxy groups -OCH3 is 1. The van der Waals surface area contributed by atoms with E-state index in [9.17, 15) is 21.6 Å². The summed E-state index contributed by atoms with van der Waals surface area (Å²) in [6.07, 6.45) is 0.987. The predicted molar refractivity (Wildman–Crippen MR) is 98.7 cm³/mol. The Hall–Kier alpha value is -1.73. The molecule has 0 unspecified atom stereocenters. The molecule has 1 saturated heterocycles. The number of hydrogen-bond acceptors (Lipinski definition) is 7. The zero-order chi connectivity index (χ0) is 20.2. The van der Waals surface area contributed by atoms with Crippen LogP contribution >= 0.6 is 0 Å². The SMILES string of the molecule is COc1ccc(NC(=O)CN(C)S(C)(=O)=O)cc1S(=O)(=O)N1CCOCC1. The summed E-state index contributed by atoms with van der Waals surface area (Å²) in [7, 11) is -4.72. The van der Waals surface area contributed by atoms with Crippen molar-refractivity contribution in [3.8, 4) is 5.75 Å². The molecule has 0 bridgehead atoms. The second-order valence-electron chi connectivity index (χ2n) is 5.95. The zero-order valence-electron chi connectivity index (χ0n) is 15.3. The van der Waals surface area contributed by atoms with Crippen LogP contribution in [0, 0.1) is 0 Å². The Kier molecular flexibility index (Phi) is 6.81. The number of benzene rings is 1. The van der Waals surface area contributed by atoms with Crippen molar-refractivity contribution in [2.75, 3.05) is 58.6 Å². The van der Waals surface area contributed by atoms with Gasteiger partial charge in [-0.3, -0.25) is 4.79 Å². The van der Waals surface area contributed by atoms with Gasteiger partial charge in [0, 0.05) is 25.8 Å². The first-order valence-electron chi connectivity index (χ1n) is 8.03. The number of anilines is 1. The van der Waals surface area contributed by atoms with Crippen molar-refractivity contribution in [3.05, 3.63) is 18.2 Å². The zero-order valence-corrected chi connectivity index (χ0v) is 17.0. The van der Waals surface area contributed by atoms with Crippen molar-refractivity contribution >= 4 is 31.6 Å². The Morgan fingerprint density at radius 2 is 1.89 bits per heavy atom. The van der Waals surface area contributed by atoms with E-state index in [-0.39, 0.29) is 29.4 Å². The molecule has 1 aliphatic rings. The Balaban J connectivity index is 2.25. The number of nitrogens with zero attached hydrogens (tertiary/aromatic N) is 2. The smallest absolute Gasteiger partial charge is 0.246 e. The molecule has 0 saturated carbocycles. The second-order valence-corrected chi connectivity index (χ2v) is 9.95. The highest BCUT2D eigenvalue weighted by atomic mass is 32.2. The van der Waals surface area contributed by atoms with Gasteiger partial charge < -0.3 is 14.8 Å². The predicted octanol–water partition coefficient (Wildman–Crippen LogP) is -0.454. The van der Waals surface area contributed by atoms with Gasteiger partial charge in [0.05, 0.1) is 33.1 Å². The van der Waals surface area contributed by atoms with Crippen LogP contribution in [0.25, 0.3) is 0 Å². The molecule has 0 aliphatic carbocycles. The summed E-state index contributed by atoms with van der Waals surface area (Å²) in [5.41, 5.74) is 0.217. The molecule has 0 radical (unpaired) electrons. The number of rotatable bonds is 7. The van der Waals surface area contributed by atoms with Gasteiger partial charge in [0.25, 0.3) is 0 Å². The van der Waals surface area contributed by atoms with Crippen molar-refractivity contribution in [2.45, 2.75) is 4.90 Å². The fraction of sp³-hybridized carbons (Fsp3) is 0.533. The molecule has 152 valence electrons. The molecule has 0 aromatic heterocycles. The summed E-state index contributed by atoms with van der Waals surface area (Å²) in [6, 6.07) is 4.21. The van der Waals surface area contributed by atoms with Gasteiger partial charge >= 0.3 is 0 Å². The molecule has 1 aromatic carbocycles. The van der Waals surface area contributed by atoms with Crippen molar-refractivity contribution in [2.24, 2.45) is 0 Å². The fourth-order valence-corrected chi connectivity index (χ4v) is 4.34. The lowest BCUT2D eigenvalue weighted by molar-refractivity contribution is -0.116.